The van der Waals surface area contributed by atoms with Gasteiger partial charge in [-0.3, -0.25) is 0 Å². The molecule has 1 aromatic carbocycles. The average molecular weight is 250 g/mol. The van der Waals surface area contributed by atoms with Crippen LogP contribution in [0.25, 0.3) is 0 Å². The molecule has 1 aliphatic rings. The summed E-state index contributed by atoms with van der Waals surface area (Å²) in [5.41, 5.74) is 1.45. The molecule has 0 amide bonds. The summed E-state index contributed by atoms with van der Waals surface area (Å²) in [6, 6.07) is 9.69. The highest BCUT2D eigenvalue weighted by Gasteiger charge is 2.18. The van der Waals surface area contributed by atoms with E-state index in [9.17, 15) is 0 Å². The van der Waals surface area contributed by atoms with Crippen molar-refractivity contribution in [2.45, 2.75) is 23.8 Å². The van der Waals surface area contributed by atoms with Gasteiger partial charge in [0, 0.05) is 24.0 Å². The topological polar surface area (TPSA) is 15.3 Å². The molecule has 1 N–H and O–H groups in total. The van der Waals surface area contributed by atoms with Crippen LogP contribution in [0.1, 0.15) is 12.0 Å². The maximum atomic E-state index is 3.42. The summed E-state index contributed by atoms with van der Waals surface area (Å²) >= 11 is 1.80. The number of rotatable bonds is 5. The number of hydrogen-bond acceptors (Lipinski definition) is 3. The number of thioether (sulfide) groups is 1. The summed E-state index contributed by atoms with van der Waals surface area (Å²) in [6.45, 7) is 3.49. The summed E-state index contributed by atoms with van der Waals surface area (Å²) < 4.78 is 0. The molecule has 0 aliphatic carbocycles. The maximum absolute atomic E-state index is 3.42. The van der Waals surface area contributed by atoms with Crippen LogP contribution in [0.5, 0.6) is 0 Å². The number of hydrogen-bond donors (Lipinski definition) is 1. The second-order valence-corrected chi connectivity index (χ2v) is 5.60. The monoisotopic (exact) mass is 250 g/mol. The highest BCUT2D eigenvalue weighted by molar-refractivity contribution is 7.98. The molecule has 2 nitrogen and oxygen atoms in total. The lowest BCUT2D eigenvalue weighted by atomic mass is 10.1. The molecule has 1 aliphatic heterocycles. The van der Waals surface area contributed by atoms with E-state index in [4.69, 9.17) is 0 Å². The summed E-state index contributed by atoms with van der Waals surface area (Å²) in [5, 5.41) is 3.42. The number of nitrogens with zero attached hydrogens (tertiary/aromatic N) is 1. The molecule has 1 atom stereocenters. The van der Waals surface area contributed by atoms with E-state index in [1.165, 1.54) is 23.4 Å². The second kappa shape index (κ2) is 6.43. The molecule has 1 heterocycles. The molecule has 94 valence electrons. The Bertz CT molecular complexity index is 331. The SMILES string of the molecule is CSc1ccc(CCN(C)C2CCNC2)cc1. The Morgan fingerprint density at radius 2 is 2.12 bits per heavy atom. The minimum atomic E-state index is 0.737. The number of benzene rings is 1. The first-order chi connectivity index (χ1) is 8.29. The van der Waals surface area contributed by atoms with Crippen LogP contribution < -0.4 is 5.32 Å². The maximum Gasteiger partial charge on any atom is 0.0229 e. The van der Waals surface area contributed by atoms with Gasteiger partial charge in [0.1, 0.15) is 0 Å². The van der Waals surface area contributed by atoms with Gasteiger partial charge in [0.2, 0.25) is 0 Å². The normalized spacial score (nSPS) is 20.1. The smallest absolute Gasteiger partial charge is 0.0229 e. The van der Waals surface area contributed by atoms with Gasteiger partial charge in [-0.15, -0.1) is 11.8 Å². The van der Waals surface area contributed by atoms with Crippen LogP contribution in [-0.2, 0) is 6.42 Å². The first-order valence-electron chi connectivity index (χ1n) is 6.33. The molecule has 0 spiro atoms. The van der Waals surface area contributed by atoms with E-state index >= 15 is 0 Å². The summed E-state index contributed by atoms with van der Waals surface area (Å²) in [5.74, 6) is 0. The fraction of sp³-hybridized carbons (Fsp3) is 0.571. The standard InChI is InChI=1S/C14H22N2S/c1-16(13-7-9-15-11-13)10-8-12-3-5-14(17-2)6-4-12/h3-6,13,15H,7-11H2,1-2H3. The fourth-order valence-corrected chi connectivity index (χ4v) is 2.70. The van der Waals surface area contributed by atoms with Crippen molar-refractivity contribution in [1.29, 1.82) is 0 Å². The van der Waals surface area contributed by atoms with Crippen LogP contribution in [0.2, 0.25) is 0 Å². The van der Waals surface area contributed by atoms with E-state index in [-0.39, 0.29) is 0 Å². The molecule has 1 unspecified atom stereocenters. The van der Waals surface area contributed by atoms with Crippen molar-refractivity contribution in [3.8, 4) is 0 Å². The van der Waals surface area contributed by atoms with Crippen LogP contribution in [0.15, 0.2) is 29.2 Å². The molecule has 1 fully saturated rings. The van der Waals surface area contributed by atoms with Gasteiger partial charge < -0.3 is 10.2 Å². The molecule has 17 heavy (non-hydrogen) atoms. The largest absolute Gasteiger partial charge is 0.315 e. The lowest BCUT2D eigenvalue weighted by Gasteiger charge is -2.23. The predicted octanol–water partition coefficient (Wildman–Crippen LogP) is 2.24. The third-order valence-electron chi connectivity index (χ3n) is 3.57. The Labute approximate surface area is 109 Å². The van der Waals surface area contributed by atoms with E-state index in [0.717, 1.165) is 25.6 Å². The summed E-state index contributed by atoms with van der Waals surface area (Å²) in [4.78, 5) is 3.84. The Hall–Kier alpha value is -0.510. The molecule has 0 aromatic heterocycles. The molecular formula is C14H22N2S. The van der Waals surface area contributed by atoms with Crippen molar-refractivity contribution in [3.05, 3.63) is 29.8 Å². The lowest BCUT2D eigenvalue weighted by Crippen LogP contribution is -2.34. The second-order valence-electron chi connectivity index (χ2n) is 4.73. The third kappa shape index (κ3) is 3.73. The highest BCUT2D eigenvalue weighted by atomic mass is 32.2. The van der Waals surface area contributed by atoms with Crippen molar-refractivity contribution in [1.82, 2.24) is 10.2 Å². The van der Waals surface area contributed by atoms with E-state index in [1.54, 1.807) is 11.8 Å². The van der Waals surface area contributed by atoms with Gasteiger partial charge in [-0.1, -0.05) is 12.1 Å². The van der Waals surface area contributed by atoms with E-state index in [1.807, 2.05) is 0 Å². The number of likely N-dealkylation sites (N-methyl/N-ethyl adjacent to an activating group) is 1. The predicted molar refractivity (Wildman–Crippen MR) is 75.8 cm³/mol. The van der Waals surface area contributed by atoms with Gasteiger partial charge >= 0.3 is 0 Å². The summed E-state index contributed by atoms with van der Waals surface area (Å²) in [7, 11) is 2.24. The molecule has 3 heteroatoms. The van der Waals surface area contributed by atoms with Gasteiger partial charge in [-0.05, 0) is 50.4 Å². The van der Waals surface area contributed by atoms with Crippen molar-refractivity contribution in [3.63, 3.8) is 0 Å². The van der Waals surface area contributed by atoms with Crippen LogP contribution in [0.3, 0.4) is 0 Å². The van der Waals surface area contributed by atoms with Gasteiger partial charge in [-0.2, -0.15) is 0 Å². The van der Waals surface area contributed by atoms with Gasteiger partial charge in [0.05, 0.1) is 0 Å². The van der Waals surface area contributed by atoms with E-state index < -0.39 is 0 Å². The van der Waals surface area contributed by atoms with Gasteiger partial charge in [0.15, 0.2) is 0 Å². The minimum absolute atomic E-state index is 0.737. The first-order valence-corrected chi connectivity index (χ1v) is 7.56. The van der Waals surface area contributed by atoms with Crippen LogP contribution in [-0.4, -0.2) is 43.9 Å². The zero-order valence-corrected chi connectivity index (χ0v) is 11.6. The van der Waals surface area contributed by atoms with E-state index in [0.29, 0.717) is 0 Å². The number of nitrogens with one attached hydrogen (secondary N) is 1. The minimum Gasteiger partial charge on any atom is -0.315 e. The Morgan fingerprint density at radius 3 is 2.71 bits per heavy atom. The zero-order valence-electron chi connectivity index (χ0n) is 10.8. The molecular weight excluding hydrogens is 228 g/mol. The average Bonchev–Trinajstić information content (AvgIpc) is 2.90. The Morgan fingerprint density at radius 1 is 1.35 bits per heavy atom. The van der Waals surface area contributed by atoms with Crippen molar-refractivity contribution < 1.29 is 0 Å². The molecule has 0 saturated carbocycles. The zero-order chi connectivity index (χ0) is 12.1. The molecule has 1 saturated heterocycles. The van der Waals surface area contributed by atoms with Crippen molar-refractivity contribution in [2.24, 2.45) is 0 Å². The first kappa shape index (κ1) is 12.9. The van der Waals surface area contributed by atoms with Crippen molar-refractivity contribution in [2.75, 3.05) is 32.9 Å². The van der Waals surface area contributed by atoms with Crippen LogP contribution in [0.4, 0.5) is 0 Å². The lowest BCUT2D eigenvalue weighted by molar-refractivity contribution is 0.260. The summed E-state index contributed by atoms with van der Waals surface area (Å²) in [6.07, 6.45) is 4.57. The molecule has 2 rings (SSSR count). The van der Waals surface area contributed by atoms with Gasteiger partial charge in [0.25, 0.3) is 0 Å². The highest BCUT2D eigenvalue weighted by Crippen LogP contribution is 2.15. The van der Waals surface area contributed by atoms with Crippen molar-refractivity contribution >= 4 is 11.8 Å². The Kier molecular flexibility index (Phi) is 4.89. The Balaban J connectivity index is 1.80. The quantitative estimate of drug-likeness (QED) is 0.807. The van der Waals surface area contributed by atoms with E-state index in [2.05, 4.69) is 47.8 Å². The fourth-order valence-electron chi connectivity index (χ4n) is 2.30. The third-order valence-corrected chi connectivity index (χ3v) is 4.31. The van der Waals surface area contributed by atoms with Crippen LogP contribution in [0, 0.1) is 0 Å². The molecule has 0 radical (unpaired) electrons. The molecule has 0 bridgehead atoms. The van der Waals surface area contributed by atoms with Crippen LogP contribution >= 0.6 is 11.8 Å². The van der Waals surface area contributed by atoms with Gasteiger partial charge in [-0.25, -0.2) is 0 Å². The molecule has 1 aromatic rings.